The number of nitrogen functional groups attached to an aromatic ring is 1. The number of piperidine rings is 1. The number of aromatic nitrogens is 3. The van der Waals surface area contributed by atoms with Crippen LogP contribution in [0.4, 0.5) is 17.3 Å². The van der Waals surface area contributed by atoms with Crippen molar-refractivity contribution < 1.29 is 4.79 Å². The highest BCUT2D eigenvalue weighted by Crippen LogP contribution is 2.30. The fourth-order valence-corrected chi connectivity index (χ4v) is 3.97. The number of carbonyl (C=O) groups is 1. The van der Waals surface area contributed by atoms with Crippen molar-refractivity contribution in [2.75, 3.05) is 24.1 Å². The monoisotopic (exact) mass is 418 g/mol. The van der Waals surface area contributed by atoms with Crippen LogP contribution in [0.2, 0.25) is 0 Å². The summed E-state index contributed by atoms with van der Waals surface area (Å²) < 4.78 is 0. The van der Waals surface area contributed by atoms with Crippen LogP contribution in [0.1, 0.15) is 65.8 Å². The number of nitrogens with zero attached hydrogens (tertiary/aromatic N) is 3. The van der Waals surface area contributed by atoms with Crippen LogP contribution in [-0.4, -0.2) is 39.1 Å². The van der Waals surface area contributed by atoms with Gasteiger partial charge in [0.15, 0.2) is 5.82 Å². The zero-order valence-electron chi connectivity index (χ0n) is 18.4. The molecule has 2 aromatic carbocycles. The first kappa shape index (κ1) is 20.9. The number of benzene rings is 2. The zero-order valence-corrected chi connectivity index (χ0v) is 18.4. The molecule has 4 rings (SSSR count). The average molecular weight is 419 g/mol. The lowest BCUT2D eigenvalue weighted by molar-refractivity contribution is 0.0713. The summed E-state index contributed by atoms with van der Waals surface area (Å²) in [5.41, 5.74) is 10.5. The molecule has 0 bridgehead atoms. The molecule has 0 spiro atoms. The predicted molar refractivity (Wildman–Crippen MR) is 124 cm³/mol. The summed E-state index contributed by atoms with van der Waals surface area (Å²) in [6.07, 6.45) is 1.92. The first-order valence-corrected chi connectivity index (χ1v) is 10.9. The minimum atomic E-state index is 0.0687. The summed E-state index contributed by atoms with van der Waals surface area (Å²) >= 11 is 0. The standard InChI is InChI=1S/C24H30N6O/c1-15(2)22-27-24(29-28-22)26-21-14-19(5-4-16(21)3)23(31)30-12-10-18(11-13-30)17-6-8-20(25)9-7-17/h4-9,14-15,18H,10-13,25H2,1-3H3,(H2,26,27,28,29). The van der Waals surface area contributed by atoms with Gasteiger partial charge >= 0.3 is 0 Å². The summed E-state index contributed by atoms with van der Waals surface area (Å²) in [6, 6.07) is 13.9. The van der Waals surface area contributed by atoms with Crippen LogP contribution in [0, 0.1) is 6.92 Å². The zero-order chi connectivity index (χ0) is 22.0. The van der Waals surface area contributed by atoms with Crippen molar-refractivity contribution in [1.82, 2.24) is 20.1 Å². The third-order valence-corrected chi connectivity index (χ3v) is 5.95. The molecule has 0 radical (unpaired) electrons. The molecule has 31 heavy (non-hydrogen) atoms. The van der Waals surface area contributed by atoms with Gasteiger partial charge in [0, 0.05) is 35.9 Å². The van der Waals surface area contributed by atoms with E-state index in [0.717, 1.165) is 48.7 Å². The highest BCUT2D eigenvalue weighted by Gasteiger charge is 2.25. The molecule has 0 saturated carbocycles. The van der Waals surface area contributed by atoms with E-state index in [4.69, 9.17) is 5.73 Å². The third kappa shape index (κ3) is 4.71. The average Bonchev–Trinajstić information content (AvgIpc) is 3.24. The van der Waals surface area contributed by atoms with E-state index in [0.29, 0.717) is 17.4 Å². The van der Waals surface area contributed by atoms with Gasteiger partial charge in [-0.3, -0.25) is 4.79 Å². The second kappa shape index (κ2) is 8.79. The molecule has 3 aromatic rings. The van der Waals surface area contributed by atoms with Gasteiger partial charge < -0.3 is 16.0 Å². The highest BCUT2D eigenvalue weighted by molar-refractivity contribution is 5.95. The van der Waals surface area contributed by atoms with E-state index in [2.05, 4.69) is 32.6 Å². The largest absolute Gasteiger partial charge is 0.399 e. The Morgan fingerprint density at radius 1 is 1.16 bits per heavy atom. The maximum atomic E-state index is 13.1. The summed E-state index contributed by atoms with van der Waals surface area (Å²) in [6.45, 7) is 7.62. The number of anilines is 3. The number of nitrogens with two attached hydrogens (primary N) is 1. The number of carbonyl (C=O) groups excluding carboxylic acids is 1. The molecular formula is C24H30N6O. The molecule has 0 unspecified atom stereocenters. The second-order valence-electron chi connectivity index (χ2n) is 8.58. The van der Waals surface area contributed by atoms with E-state index >= 15 is 0 Å². The van der Waals surface area contributed by atoms with E-state index in [1.807, 2.05) is 56.0 Å². The topological polar surface area (TPSA) is 99.9 Å². The van der Waals surface area contributed by atoms with Gasteiger partial charge in [0.2, 0.25) is 5.95 Å². The molecule has 1 amide bonds. The quantitative estimate of drug-likeness (QED) is 0.527. The SMILES string of the molecule is Cc1ccc(C(=O)N2CCC(c3ccc(N)cc3)CC2)cc1Nc1nc(C(C)C)n[nH]1. The number of nitrogens with one attached hydrogen (secondary N) is 2. The van der Waals surface area contributed by atoms with E-state index < -0.39 is 0 Å². The molecule has 162 valence electrons. The number of rotatable bonds is 5. The molecule has 1 saturated heterocycles. The van der Waals surface area contributed by atoms with Gasteiger partial charge in [-0.15, -0.1) is 0 Å². The third-order valence-electron chi connectivity index (χ3n) is 5.95. The molecule has 0 atom stereocenters. The van der Waals surface area contributed by atoms with Crippen LogP contribution in [0.15, 0.2) is 42.5 Å². The van der Waals surface area contributed by atoms with E-state index in [1.54, 1.807) is 0 Å². The van der Waals surface area contributed by atoms with Crippen LogP contribution >= 0.6 is 0 Å². The normalized spacial score (nSPS) is 14.8. The summed E-state index contributed by atoms with van der Waals surface area (Å²) in [5.74, 6) is 2.13. The number of H-pyrrole nitrogens is 1. The molecule has 1 fully saturated rings. The lowest BCUT2D eigenvalue weighted by Crippen LogP contribution is -2.37. The number of aromatic amines is 1. The maximum Gasteiger partial charge on any atom is 0.253 e. The van der Waals surface area contributed by atoms with Crippen molar-refractivity contribution in [1.29, 1.82) is 0 Å². The van der Waals surface area contributed by atoms with Gasteiger partial charge in [0.05, 0.1) is 0 Å². The van der Waals surface area contributed by atoms with E-state index in [9.17, 15) is 4.79 Å². The first-order chi connectivity index (χ1) is 14.9. The molecule has 1 aromatic heterocycles. The van der Waals surface area contributed by atoms with Gasteiger partial charge in [0.25, 0.3) is 5.91 Å². The Kier molecular flexibility index (Phi) is 5.93. The molecule has 1 aliphatic rings. The summed E-state index contributed by atoms with van der Waals surface area (Å²) in [5, 5.41) is 10.4. The number of likely N-dealkylation sites (tertiary alicyclic amines) is 1. The highest BCUT2D eigenvalue weighted by atomic mass is 16.2. The maximum absolute atomic E-state index is 13.1. The fourth-order valence-electron chi connectivity index (χ4n) is 3.97. The number of aryl methyl sites for hydroxylation is 1. The van der Waals surface area contributed by atoms with Crippen LogP contribution in [-0.2, 0) is 0 Å². The number of hydrogen-bond donors (Lipinski definition) is 3. The summed E-state index contributed by atoms with van der Waals surface area (Å²) in [4.78, 5) is 19.6. The lowest BCUT2D eigenvalue weighted by Gasteiger charge is -2.32. The van der Waals surface area contributed by atoms with Gasteiger partial charge in [-0.25, -0.2) is 5.10 Å². The Labute approximate surface area is 183 Å². The van der Waals surface area contributed by atoms with Gasteiger partial charge in [-0.05, 0) is 61.1 Å². The Morgan fingerprint density at radius 2 is 1.87 bits per heavy atom. The van der Waals surface area contributed by atoms with Crippen LogP contribution in [0.25, 0.3) is 0 Å². The van der Waals surface area contributed by atoms with Gasteiger partial charge in [-0.2, -0.15) is 10.1 Å². The van der Waals surface area contributed by atoms with Crippen LogP contribution < -0.4 is 11.1 Å². The summed E-state index contributed by atoms with van der Waals surface area (Å²) in [7, 11) is 0. The Morgan fingerprint density at radius 3 is 2.52 bits per heavy atom. The number of hydrogen-bond acceptors (Lipinski definition) is 5. The first-order valence-electron chi connectivity index (χ1n) is 10.9. The molecular weight excluding hydrogens is 388 g/mol. The van der Waals surface area contributed by atoms with Crippen molar-refractivity contribution >= 4 is 23.2 Å². The van der Waals surface area contributed by atoms with Crippen molar-refractivity contribution in [3.05, 3.63) is 65.0 Å². The fraction of sp³-hybridized carbons (Fsp3) is 0.375. The smallest absolute Gasteiger partial charge is 0.253 e. The van der Waals surface area contributed by atoms with Crippen LogP contribution in [0.5, 0.6) is 0 Å². The number of amides is 1. The minimum absolute atomic E-state index is 0.0687. The van der Waals surface area contributed by atoms with Gasteiger partial charge in [0.1, 0.15) is 0 Å². The predicted octanol–water partition coefficient (Wildman–Crippen LogP) is 4.58. The molecule has 0 aliphatic carbocycles. The molecule has 1 aliphatic heterocycles. The van der Waals surface area contributed by atoms with E-state index in [1.165, 1.54) is 5.56 Å². The Bertz CT molecular complexity index is 1050. The van der Waals surface area contributed by atoms with Crippen molar-refractivity contribution in [2.45, 2.75) is 45.4 Å². The van der Waals surface area contributed by atoms with Crippen molar-refractivity contribution in [2.24, 2.45) is 0 Å². The van der Waals surface area contributed by atoms with Crippen LogP contribution in [0.3, 0.4) is 0 Å². The molecule has 4 N–H and O–H groups in total. The minimum Gasteiger partial charge on any atom is -0.399 e. The molecule has 7 nitrogen and oxygen atoms in total. The lowest BCUT2D eigenvalue weighted by atomic mass is 9.89. The van der Waals surface area contributed by atoms with Crippen molar-refractivity contribution in [3.8, 4) is 0 Å². The Hall–Kier alpha value is -3.35. The molecule has 2 heterocycles. The Balaban J connectivity index is 1.43. The second-order valence-corrected chi connectivity index (χ2v) is 8.58. The van der Waals surface area contributed by atoms with Gasteiger partial charge in [-0.1, -0.05) is 32.0 Å². The van der Waals surface area contributed by atoms with E-state index in [-0.39, 0.29) is 11.8 Å². The van der Waals surface area contributed by atoms with Crippen molar-refractivity contribution in [3.63, 3.8) is 0 Å². The molecule has 7 heteroatoms.